The molecule has 0 aliphatic carbocycles. The van der Waals surface area contributed by atoms with Gasteiger partial charge in [0.25, 0.3) is 0 Å². The fraction of sp³-hybridized carbons (Fsp3) is 0.0455. The molecule has 7 nitrogen and oxygen atoms in total. The molecule has 2 aromatic carbocycles. The Balaban J connectivity index is 1.38. The molecule has 10 heteroatoms. The largest absolute Gasteiger partial charge is 0.453 e. The Morgan fingerprint density at radius 3 is 2.50 bits per heavy atom. The third kappa shape index (κ3) is 4.69. The van der Waals surface area contributed by atoms with Crippen molar-refractivity contribution in [3.63, 3.8) is 0 Å². The lowest BCUT2D eigenvalue weighted by Crippen LogP contribution is -2.22. The first kappa shape index (κ1) is 20.9. The molecule has 4 rings (SSSR count). The molecular weight excluding hydrogens is 425 g/mol. The number of carbonyl (C=O) groups excluding carboxylic acids is 2. The van der Waals surface area contributed by atoms with E-state index in [2.05, 4.69) is 20.6 Å². The van der Waals surface area contributed by atoms with Gasteiger partial charge in [-0.15, -0.1) is 0 Å². The Labute approximate surface area is 179 Å². The average Bonchev–Trinajstić information content (AvgIpc) is 3.22. The van der Waals surface area contributed by atoms with Crippen molar-refractivity contribution in [2.24, 2.45) is 0 Å². The highest BCUT2D eigenvalue weighted by atomic mass is 19.1. The van der Waals surface area contributed by atoms with Gasteiger partial charge in [0.2, 0.25) is 11.8 Å². The van der Waals surface area contributed by atoms with E-state index in [-0.39, 0.29) is 17.1 Å². The van der Waals surface area contributed by atoms with Crippen LogP contribution in [-0.2, 0) is 9.59 Å². The van der Waals surface area contributed by atoms with Gasteiger partial charge in [-0.25, -0.2) is 18.2 Å². The fourth-order valence-corrected chi connectivity index (χ4v) is 2.94. The molecule has 0 fully saturated rings. The van der Waals surface area contributed by atoms with Gasteiger partial charge in [0, 0.05) is 30.2 Å². The molecule has 2 amide bonds. The average molecular weight is 440 g/mol. The van der Waals surface area contributed by atoms with Gasteiger partial charge in [0.1, 0.15) is 29.5 Å². The smallest absolute Gasteiger partial charge is 0.233 e. The number of benzene rings is 2. The van der Waals surface area contributed by atoms with Gasteiger partial charge in [-0.1, -0.05) is 0 Å². The number of rotatable bonds is 6. The lowest BCUT2D eigenvalue weighted by atomic mass is 10.2. The van der Waals surface area contributed by atoms with E-state index in [1.165, 1.54) is 18.3 Å². The van der Waals surface area contributed by atoms with Crippen molar-refractivity contribution < 1.29 is 27.5 Å². The van der Waals surface area contributed by atoms with E-state index in [1.807, 2.05) is 0 Å². The summed E-state index contributed by atoms with van der Waals surface area (Å²) in [5, 5.41) is 5.22. The first-order valence-corrected chi connectivity index (χ1v) is 9.33. The number of anilines is 2. The lowest BCUT2D eigenvalue weighted by molar-refractivity contribution is -0.123. The van der Waals surface area contributed by atoms with Crippen LogP contribution in [0.5, 0.6) is 11.5 Å². The minimum atomic E-state index is -0.970. The summed E-state index contributed by atoms with van der Waals surface area (Å²) in [5.41, 5.74) is 0.428. The van der Waals surface area contributed by atoms with Crippen LogP contribution in [0.25, 0.3) is 11.0 Å². The molecular formula is C22H15F3N4O3. The highest BCUT2D eigenvalue weighted by Gasteiger charge is 2.14. The number of H-pyrrole nitrogens is 1. The molecule has 0 saturated carbocycles. The molecule has 162 valence electrons. The third-order valence-electron chi connectivity index (χ3n) is 4.38. The Morgan fingerprint density at radius 2 is 1.72 bits per heavy atom. The normalized spacial score (nSPS) is 10.7. The quantitative estimate of drug-likeness (QED) is 0.378. The van der Waals surface area contributed by atoms with E-state index < -0.39 is 35.7 Å². The summed E-state index contributed by atoms with van der Waals surface area (Å²) < 4.78 is 46.6. The van der Waals surface area contributed by atoms with E-state index in [4.69, 9.17) is 4.74 Å². The molecule has 0 unspecified atom stereocenters. The molecule has 0 aliphatic rings. The van der Waals surface area contributed by atoms with E-state index in [9.17, 15) is 22.8 Å². The maximum atomic E-state index is 14.5. The summed E-state index contributed by atoms with van der Waals surface area (Å²) in [7, 11) is 0. The number of aromatic nitrogens is 2. The maximum Gasteiger partial charge on any atom is 0.233 e. The summed E-state index contributed by atoms with van der Waals surface area (Å²) >= 11 is 0. The molecule has 0 saturated heterocycles. The molecule has 0 bridgehead atoms. The zero-order chi connectivity index (χ0) is 22.7. The highest BCUT2D eigenvalue weighted by molar-refractivity contribution is 6.08. The van der Waals surface area contributed by atoms with Crippen LogP contribution < -0.4 is 15.4 Å². The number of nitrogens with zero attached hydrogens (tertiary/aromatic N) is 1. The Kier molecular flexibility index (Phi) is 5.75. The summed E-state index contributed by atoms with van der Waals surface area (Å²) in [6.45, 7) is 0. The molecule has 0 radical (unpaired) electrons. The van der Waals surface area contributed by atoms with Crippen LogP contribution in [0.2, 0.25) is 0 Å². The summed E-state index contributed by atoms with van der Waals surface area (Å²) in [6.07, 6.45) is 2.54. The first-order valence-electron chi connectivity index (χ1n) is 9.33. The second-order valence-electron chi connectivity index (χ2n) is 6.69. The van der Waals surface area contributed by atoms with Crippen LogP contribution in [0.1, 0.15) is 6.42 Å². The third-order valence-corrected chi connectivity index (χ3v) is 4.38. The maximum absolute atomic E-state index is 14.5. The molecule has 0 spiro atoms. The highest BCUT2D eigenvalue weighted by Crippen LogP contribution is 2.31. The summed E-state index contributed by atoms with van der Waals surface area (Å²) in [4.78, 5) is 31.0. The number of ether oxygens (including phenoxy) is 1. The van der Waals surface area contributed by atoms with Gasteiger partial charge in [0.05, 0.1) is 11.1 Å². The molecule has 3 N–H and O–H groups in total. The number of hydrogen-bond donors (Lipinski definition) is 3. The predicted octanol–water partition coefficient (Wildman–Crippen LogP) is 4.74. The molecule has 0 atom stereocenters. The predicted molar refractivity (Wildman–Crippen MR) is 111 cm³/mol. The van der Waals surface area contributed by atoms with Gasteiger partial charge >= 0.3 is 0 Å². The van der Waals surface area contributed by atoms with E-state index >= 15 is 0 Å². The van der Waals surface area contributed by atoms with Gasteiger partial charge in [-0.2, -0.15) is 0 Å². The van der Waals surface area contributed by atoms with E-state index in [0.29, 0.717) is 22.8 Å². The summed E-state index contributed by atoms with van der Waals surface area (Å²) in [5.74, 6) is -3.74. The van der Waals surface area contributed by atoms with Crippen LogP contribution in [0.3, 0.4) is 0 Å². The minimum Gasteiger partial charge on any atom is -0.453 e. The van der Waals surface area contributed by atoms with Crippen LogP contribution in [0.15, 0.2) is 60.9 Å². The van der Waals surface area contributed by atoms with Gasteiger partial charge in [-0.3, -0.25) is 9.59 Å². The first-order chi connectivity index (χ1) is 15.4. The Morgan fingerprint density at radius 1 is 0.906 bits per heavy atom. The van der Waals surface area contributed by atoms with Crippen LogP contribution >= 0.6 is 0 Å². The SMILES string of the molecule is O=C(CC(=O)Nc1ccc(F)cc1F)Nc1ccc(Oc2ccnc3[nH]ccc23)c(F)c1. The molecule has 2 aromatic heterocycles. The number of fused-ring (bicyclic) bond motifs is 1. The van der Waals surface area contributed by atoms with Crippen molar-refractivity contribution in [1.29, 1.82) is 0 Å². The van der Waals surface area contributed by atoms with Gasteiger partial charge in [0.15, 0.2) is 11.6 Å². The van der Waals surface area contributed by atoms with Crippen molar-refractivity contribution in [1.82, 2.24) is 9.97 Å². The molecule has 2 heterocycles. The zero-order valence-corrected chi connectivity index (χ0v) is 16.3. The van der Waals surface area contributed by atoms with E-state index in [1.54, 1.807) is 18.3 Å². The van der Waals surface area contributed by atoms with Gasteiger partial charge in [-0.05, 0) is 36.4 Å². The number of amides is 2. The van der Waals surface area contributed by atoms with Crippen molar-refractivity contribution in [3.05, 3.63) is 78.4 Å². The minimum absolute atomic E-state index is 0.0683. The number of nitrogens with one attached hydrogen (secondary N) is 3. The van der Waals surface area contributed by atoms with Gasteiger partial charge < -0.3 is 20.4 Å². The standard InChI is InChI=1S/C22H15F3N4O3/c23-12-1-3-17(15(24)9-12)29-21(31)11-20(30)28-13-2-4-19(16(25)10-13)32-18-6-8-27-22-14(18)5-7-26-22/h1-10H,11H2,(H,26,27)(H,28,30)(H,29,31). The Bertz CT molecular complexity index is 1320. The lowest BCUT2D eigenvalue weighted by Gasteiger charge is -2.10. The number of carbonyl (C=O) groups is 2. The zero-order valence-electron chi connectivity index (χ0n) is 16.3. The number of aromatic amines is 1. The molecule has 32 heavy (non-hydrogen) atoms. The number of hydrogen-bond acceptors (Lipinski definition) is 4. The molecule has 4 aromatic rings. The van der Waals surface area contributed by atoms with Crippen molar-refractivity contribution in [3.8, 4) is 11.5 Å². The molecule has 0 aliphatic heterocycles. The van der Waals surface area contributed by atoms with Crippen molar-refractivity contribution in [2.75, 3.05) is 10.6 Å². The van der Waals surface area contributed by atoms with Crippen LogP contribution in [0.4, 0.5) is 24.5 Å². The van der Waals surface area contributed by atoms with Crippen molar-refractivity contribution in [2.45, 2.75) is 6.42 Å². The topological polar surface area (TPSA) is 96.1 Å². The van der Waals surface area contributed by atoms with E-state index in [0.717, 1.165) is 18.2 Å². The van der Waals surface area contributed by atoms with Crippen molar-refractivity contribution >= 4 is 34.2 Å². The summed E-state index contributed by atoms with van der Waals surface area (Å²) in [6, 6.07) is 9.73. The number of halogens is 3. The second-order valence-corrected chi connectivity index (χ2v) is 6.69. The van der Waals surface area contributed by atoms with Crippen LogP contribution in [-0.4, -0.2) is 21.8 Å². The van der Waals surface area contributed by atoms with Crippen LogP contribution in [0, 0.1) is 17.5 Å². The fourth-order valence-electron chi connectivity index (χ4n) is 2.94. The second kappa shape index (κ2) is 8.80. The number of pyridine rings is 1. The Hall–Kier alpha value is -4.34. The monoisotopic (exact) mass is 440 g/mol.